The minimum atomic E-state index is 0.433. The molecule has 0 saturated heterocycles. The third-order valence-corrected chi connectivity index (χ3v) is 6.00. The van der Waals surface area contributed by atoms with Gasteiger partial charge in [0.1, 0.15) is 18.1 Å². The second-order valence-electron chi connectivity index (χ2n) is 8.17. The highest BCUT2D eigenvalue weighted by Gasteiger charge is 2.18. The number of hydrogen-bond acceptors (Lipinski definition) is 4. The van der Waals surface area contributed by atoms with Crippen LogP contribution in [0.1, 0.15) is 29.3 Å². The van der Waals surface area contributed by atoms with Crippen molar-refractivity contribution in [3.63, 3.8) is 0 Å². The Labute approximate surface area is 201 Å². The van der Waals surface area contributed by atoms with Gasteiger partial charge in [0.25, 0.3) is 0 Å². The Morgan fingerprint density at radius 2 is 1.53 bits per heavy atom. The molecule has 0 aliphatic carbocycles. The summed E-state index contributed by atoms with van der Waals surface area (Å²) in [5.74, 6) is 1.61. The first kappa shape index (κ1) is 23.2. The minimum Gasteiger partial charge on any atom is -0.497 e. The molecule has 0 spiro atoms. The first-order valence-electron chi connectivity index (χ1n) is 11.2. The molecule has 0 N–H and O–H groups in total. The molecule has 5 nitrogen and oxygen atoms in total. The van der Waals surface area contributed by atoms with Crippen LogP contribution in [-0.4, -0.2) is 24.5 Å². The molecule has 4 aromatic rings. The van der Waals surface area contributed by atoms with Gasteiger partial charge in [0.05, 0.1) is 25.6 Å². The van der Waals surface area contributed by atoms with Gasteiger partial charge in [-0.3, -0.25) is 0 Å². The number of aryl methyl sites for hydroxylation is 1. The molecule has 3 aromatic carbocycles. The van der Waals surface area contributed by atoms with Crippen molar-refractivity contribution >= 4 is 5.71 Å². The van der Waals surface area contributed by atoms with Crippen LogP contribution in [-0.2, 0) is 11.4 Å². The van der Waals surface area contributed by atoms with Gasteiger partial charge in [-0.05, 0) is 62.2 Å². The Morgan fingerprint density at radius 3 is 2.26 bits per heavy atom. The van der Waals surface area contributed by atoms with Crippen molar-refractivity contribution in [3.05, 3.63) is 101 Å². The first-order chi connectivity index (χ1) is 16.5. The van der Waals surface area contributed by atoms with Crippen LogP contribution in [0.5, 0.6) is 11.5 Å². The predicted molar refractivity (Wildman–Crippen MR) is 137 cm³/mol. The van der Waals surface area contributed by atoms with Crippen molar-refractivity contribution in [1.29, 1.82) is 0 Å². The van der Waals surface area contributed by atoms with Crippen LogP contribution < -0.4 is 9.47 Å². The van der Waals surface area contributed by atoms with E-state index in [9.17, 15) is 0 Å². The lowest BCUT2D eigenvalue weighted by molar-refractivity contribution is 0.130. The Morgan fingerprint density at radius 1 is 0.824 bits per heavy atom. The van der Waals surface area contributed by atoms with Crippen LogP contribution in [0.25, 0.3) is 16.9 Å². The van der Waals surface area contributed by atoms with Crippen LogP contribution in [0.4, 0.5) is 0 Å². The first-order valence-corrected chi connectivity index (χ1v) is 11.2. The summed E-state index contributed by atoms with van der Waals surface area (Å²) < 4.78 is 13.2. The standard InChI is InChI=1S/C29H30N2O3/c1-20-10-6-7-11-24(20)19-34-30-21(2)28-18-29(23-12-8-14-26(16-23)32-4)31(22(28)3)25-13-9-15-27(17-25)33-5/h6-18H,19H2,1-5H3/b30-21-. The van der Waals surface area contributed by atoms with Crippen molar-refractivity contribution < 1.29 is 14.3 Å². The van der Waals surface area contributed by atoms with E-state index in [1.165, 1.54) is 5.56 Å². The van der Waals surface area contributed by atoms with Crippen molar-refractivity contribution in [2.24, 2.45) is 5.16 Å². The summed E-state index contributed by atoms with van der Waals surface area (Å²) >= 11 is 0. The molecule has 0 unspecified atom stereocenters. The number of oxime groups is 1. The van der Waals surface area contributed by atoms with Crippen LogP contribution in [0.15, 0.2) is 84.0 Å². The van der Waals surface area contributed by atoms with E-state index in [1.54, 1.807) is 14.2 Å². The van der Waals surface area contributed by atoms with Crippen molar-refractivity contribution in [2.75, 3.05) is 14.2 Å². The smallest absolute Gasteiger partial charge is 0.142 e. The lowest BCUT2D eigenvalue weighted by Gasteiger charge is -2.14. The molecule has 0 atom stereocenters. The molecule has 174 valence electrons. The highest BCUT2D eigenvalue weighted by molar-refractivity contribution is 6.01. The lowest BCUT2D eigenvalue weighted by Crippen LogP contribution is -2.03. The number of aromatic nitrogens is 1. The average molecular weight is 455 g/mol. The topological polar surface area (TPSA) is 45.0 Å². The number of hydrogen-bond donors (Lipinski definition) is 0. The van der Waals surface area contributed by atoms with E-state index in [0.29, 0.717) is 6.61 Å². The van der Waals surface area contributed by atoms with E-state index >= 15 is 0 Å². The lowest BCUT2D eigenvalue weighted by atomic mass is 10.1. The monoisotopic (exact) mass is 454 g/mol. The van der Waals surface area contributed by atoms with E-state index in [1.807, 2.05) is 55.5 Å². The summed E-state index contributed by atoms with van der Waals surface area (Å²) in [6, 6.07) is 26.4. The van der Waals surface area contributed by atoms with E-state index in [0.717, 1.165) is 51.0 Å². The molecule has 4 rings (SSSR count). The highest BCUT2D eigenvalue weighted by atomic mass is 16.6. The van der Waals surface area contributed by atoms with E-state index in [4.69, 9.17) is 14.3 Å². The Hall–Kier alpha value is -3.99. The summed E-state index contributed by atoms with van der Waals surface area (Å²) in [7, 11) is 3.36. The summed E-state index contributed by atoms with van der Waals surface area (Å²) in [6.45, 7) is 6.58. The zero-order valence-corrected chi connectivity index (χ0v) is 20.3. The van der Waals surface area contributed by atoms with Gasteiger partial charge in [0, 0.05) is 28.6 Å². The number of ether oxygens (including phenoxy) is 2. The van der Waals surface area contributed by atoms with Gasteiger partial charge >= 0.3 is 0 Å². The molecule has 0 aliphatic rings. The maximum atomic E-state index is 5.74. The fourth-order valence-electron chi connectivity index (χ4n) is 4.07. The fraction of sp³-hybridized carbons (Fsp3) is 0.207. The van der Waals surface area contributed by atoms with Crippen molar-refractivity contribution in [3.8, 4) is 28.4 Å². The maximum Gasteiger partial charge on any atom is 0.142 e. The predicted octanol–water partition coefficient (Wildman–Crippen LogP) is 6.72. The molecule has 34 heavy (non-hydrogen) atoms. The molecular formula is C29H30N2O3. The molecule has 0 radical (unpaired) electrons. The van der Waals surface area contributed by atoms with E-state index in [-0.39, 0.29) is 0 Å². The number of benzene rings is 3. The van der Waals surface area contributed by atoms with Crippen LogP contribution in [0.3, 0.4) is 0 Å². The number of nitrogens with zero attached hydrogens (tertiary/aromatic N) is 2. The summed E-state index contributed by atoms with van der Waals surface area (Å²) in [5.41, 5.74) is 8.31. The van der Waals surface area contributed by atoms with Gasteiger partial charge in [0.15, 0.2) is 0 Å². The van der Waals surface area contributed by atoms with E-state index in [2.05, 4.69) is 53.9 Å². The minimum absolute atomic E-state index is 0.433. The van der Waals surface area contributed by atoms with E-state index < -0.39 is 0 Å². The second-order valence-corrected chi connectivity index (χ2v) is 8.17. The van der Waals surface area contributed by atoms with Gasteiger partial charge in [-0.25, -0.2) is 0 Å². The van der Waals surface area contributed by atoms with Crippen LogP contribution >= 0.6 is 0 Å². The highest BCUT2D eigenvalue weighted by Crippen LogP contribution is 2.32. The molecule has 0 fully saturated rings. The van der Waals surface area contributed by atoms with Gasteiger partial charge in [-0.2, -0.15) is 0 Å². The molecule has 0 aliphatic heterocycles. The van der Waals surface area contributed by atoms with Gasteiger partial charge in [0.2, 0.25) is 0 Å². The third kappa shape index (κ3) is 4.84. The molecule has 1 heterocycles. The third-order valence-electron chi connectivity index (χ3n) is 6.00. The van der Waals surface area contributed by atoms with Crippen LogP contribution in [0, 0.1) is 13.8 Å². The molecule has 0 bridgehead atoms. The molecule has 0 saturated carbocycles. The molecular weight excluding hydrogens is 424 g/mol. The SMILES string of the molecule is COc1cccc(-c2cc(/C(C)=N\OCc3ccccc3C)c(C)n2-c2cccc(OC)c2)c1. The largest absolute Gasteiger partial charge is 0.497 e. The van der Waals surface area contributed by atoms with Gasteiger partial charge in [-0.15, -0.1) is 0 Å². The number of methoxy groups -OCH3 is 2. The van der Waals surface area contributed by atoms with Gasteiger partial charge < -0.3 is 18.9 Å². The summed E-state index contributed by atoms with van der Waals surface area (Å²) in [5, 5.41) is 4.45. The Kier molecular flexibility index (Phi) is 7.02. The fourth-order valence-corrected chi connectivity index (χ4v) is 4.07. The normalized spacial score (nSPS) is 11.4. The average Bonchev–Trinajstić information content (AvgIpc) is 3.22. The second kappa shape index (κ2) is 10.3. The molecule has 5 heteroatoms. The molecule has 1 aromatic heterocycles. The summed E-state index contributed by atoms with van der Waals surface area (Å²) in [4.78, 5) is 5.74. The van der Waals surface area contributed by atoms with Gasteiger partial charge in [-0.1, -0.05) is 47.6 Å². The maximum absolute atomic E-state index is 5.74. The number of rotatable bonds is 8. The van der Waals surface area contributed by atoms with Crippen molar-refractivity contribution in [1.82, 2.24) is 4.57 Å². The Balaban J connectivity index is 1.76. The van der Waals surface area contributed by atoms with Crippen molar-refractivity contribution in [2.45, 2.75) is 27.4 Å². The zero-order chi connectivity index (χ0) is 24.1. The van der Waals surface area contributed by atoms with Crippen LogP contribution in [0.2, 0.25) is 0 Å². The summed E-state index contributed by atoms with van der Waals surface area (Å²) in [6.07, 6.45) is 0. The Bertz CT molecular complexity index is 1320. The molecule has 0 amide bonds. The zero-order valence-electron chi connectivity index (χ0n) is 20.3. The quantitative estimate of drug-likeness (QED) is 0.219.